The monoisotopic (exact) mass is 282 g/mol. The van der Waals surface area contributed by atoms with Gasteiger partial charge in [-0.05, 0) is 25.0 Å². The Morgan fingerprint density at radius 1 is 1.19 bits per heavy atom. The highest BCUT2D eigenvalue weighted by molar-refractivity contribution is 5.77. The van der Waals surface area contributed by atoms with E-state index in [-0.39, 0.29) is 0 Å². The number of rotatable bonds is 2. The molecule has 3 rings (SSSR count). The number of carbonyl (C=O) groups is 1. The number of amides is 1. The van der Waals surface area contributed by atoms with Gasteiger partial charge < -0.3 is 4.90 Å². The minimum Gasteiger partial charge on any atom is -0.334 e. The molecule has 2 fully saturated rings. The third-order valence-corrected chi connectivity index (χ3v) is 4.46. The van der Waals surface area contributed by atoms with Crippen LogP contribution in [0.15, 0.2) is 30.3 Å². The largest absolute Gasteiger partial charge is 0.334 e. The molecule has 2 atom stereocenters. The van der Waals surface area contributed by atoms with Crippen molar-refractivity contribution in [3.63, 3.8) is 0 Å². The van der Waals surface area contributed by atoms with E-state index in [4.69, 9.17) is 0 Å². The maximum absolute atomic E-state index is 12.0. The quantitative estimate of drug-likeness (QED) is 0.776. The Kier molecular flexibility index (Phi) is 4.26. The molecule has 3 heteroatoms. The lowest BCUT2D eigenvalue weighted by molar-refractivity contribution is -0.136. The Morgan fingerprint density at radius 2 is 1.86 bits per heavy atom. The molecule has 3 nitrogen and oxygen atoms in total. The third-order valence-electron chi connectivity index (χ3n) is 4.46. The molecule has 0 N–H and O–H groups in total. The summed E-state index contributed by atoms with van der Waals surface area (Å²) in [7, 11) is 0. The first-order valence-electron chi connectivity index (χ1n) is 7.85. The fourth-order valence-electron chi connectivity index (χ4n) is 3.48. The number of fused-ring (bicyclic) bond motifs is 2. The van der Waals surface area contributed by atoms with Crippen LogP contribution in [-0.4, -0.2) is 47.4 Å². The molecule has 2 aliphatic rings. The van der Waals surface area contributed by atoms with E-state index in [2.05, 4.69) is 21.6 Å². The lowest BCUT2D eigenvalue weighted by atomic mass is 10.1. The third kappa shape index (κ3) is 3.11. The van der Waals surface area contributed by atoms with E-state index in [1.54, 1.807) is 0 Å². The van der Waals surface area contributed by atoms with E-state index in [9.17, 15) is 4.79 Å². The molecule has 1 aromatic carbocycles. The van der Waals surface area contributed by atoms with E-state index >= 15 is 0 Å². The molecule has 0 radical (unpaired) electrons. The normalized spacial score (nSPS) is 24.5. The number of carbonyl (C=O) groups excluding carboxylic acids is 1. The van der Waals surface area contributed by atoms with Crippen LogP contribution in [0.3, 0.4) is 0 Å². The van der Waals surface area contributed by atoms with Crippen molar-refractivity contribution in [3.05, 3.63) is 35.9 Å². The Hall–Kier alpha value is -1.79. The fourth-order valence-corrected chi connectivity index (χ4v) is 3.48. The summed E-state index contributed by atoms with van der Waals surface area (Å²) >= 11 is 0. The van der Waals surface area contributed by atoms with Crippen molar-refractivity contribution >= 4 is 5.91 Å². The second-order valence-corrected chi connectivity index (χ2v) is 5.90. The van der Waals surface area contributed by atoms with Gasteiger partial charge in [0.1, 0.15) is 0 Å². The predicted octanol–water partition coefficient (Wildman–Crippen LogP) is 2.12. The van der Waals surface area contributed by atoms with Crippen molar-refractivity contribution in [2.24, 2.45) is 0 Å². The molecule has 2 heterocycles. The zero-order valence-electron chi connectivity index (χ0n) is 12.6. The Morgan fingerprint density at radius 3 is 2.48 bits per heavy atom. The van der Waals surface area contributed by atoms with Crippen LogP contribution in [-0.2, 0) is 4.79 Å². The lowest BCUT2D eigenvalue weighted by Crippen LogP contribution is -2.55. The molecule has 0 spiro atoms. The van der Waals surface area contributed by atoms with E-state index < -0.39 is 0 Å². The van der Waals surface area contributed by atoms with Crippen molar-refractivity contribution in [1.82, 2.24) is 9.80 Å². The van der Waals surface area contributed by atoms with Crippen molar-refractivity contribution < 1.29 is 4.79 Å². The van der Waals surface area contributed by atoms with Crippen molar-refractivity contribution in [3.8, 4) is 11.8 Å². The number of likely N-dealkylation sites (tertiary alicyclic amines) is 1. The summed E-state index contributed by atoms with van der Waals surface area (Å²) in [6.45, 7) is 4.72. The minimum absolute atomic E-state index is 0.317. The van der Waals surface area contributed by atoms with Gasteiger partial charge in [-0.25, -0.2) is 0 Å². The summed E-state index contributed by atoms with van der Waals surface area (Å²) in [6, 6.07) is 10.9. The number of benzene rings is 1. The maximum atomic E-state index is 12.0. The van der Waals surface area contributed by atoms with Crippen molar-refractivity contribution in [2.75, 3.05) is 19.6 Å². The molecule has 0 unspecified atom stereocenters. The van der Waals surface area contributed by atoms with Gasteiger partial charge in [-0.3, -0.25) is 9.69 Å². The lowest BCUT2D eigenvalue weighted by Gasteiger charge is -2.40. The molecule has 2 bridgehead atoms. The van der Waals surface area contributed by atoms with E-state index in [0.29, 0.717) is 24.4 Å². The van der Waals surface area contributed by atoms with Crippen LogP contribution in [0.25, 0.3) is 0 Å². The molecule has 0 aliphatic carbocycles. The van der Waals surface area contributed by atoms with Crippen molar-refractivity contribution in [2.45, 2.75) is 38.3 Å². The molecule has 0 aromatic heterocycles. The molecular weight excluding hydrogens is 260 g/mol. The molecule has 2 saturated heterocycles. The molecule has 21 heavy (non-hydrogen) atoms. The van der Waals surface area contributed by atoms with E-state index in [1.807, 2.05) is 37.3 Å². The highest BCUT2D eigenvalue weighted by Crippen LogP contribution is 2.30. The zero-order chi connectivity index (χ0) is 14.7. The second-order valence-electron chi connectivity index (χ2n) is 5.90. The topological polar surface area (TPSA) is 23.6 Å². The van der Waals surface area contributed by atoms with Gasteiger partial charge in [-0.1, -0.05) is 37.0 Å². The predicted molar refractivity (Wildman–Crippen MR) is 83.7 cm³/mol. The van der Waals surface area contributed by atoms with Crippen LogP contribution in [0, 0.1) is 11.8 Å². The molecule has 110 valence electrons. The Bertz CT molecular complexity index is 544. The first-order chi connectivity index (χ1) is 10.3. The average Bonchev–Trinajstić information content (AvgIpc) is 2.78. The van der Waals surface area contributed by atoms with Gasteiger partial charge in [0.15, 0.2) is 0 Å². The summed E-state index contributed by atoms with van der Waals surface area (Å²) in [5, 5.41) is 0. The van der Waals surface area contributed by atoms with Gasteiger partial charge in [-0.2, -0.15) is 0 Å². The van der Waals surface area contributed by atoms with Gasteiger partial charge in [-0.15, -0.1) is 0 Å². The summed E-state index contributed by atoms with van der Waals surface area (Å²) in [4.78, 5) is 16.6. The van der Waals surface area contributed by atoms with Gasteiger partial charge in [0.2, 0.25) is 5.91 Å². The Balaban J connectivity index is 1.59. The summed E-state index contributed by atoms with van der Waals surface area (Å²) < 4.78 is 0. The van der Waals surface area contributed by atoms with Crippen molar-refractivity contribution in [1.29, 1.82) is 0 Å². The Labute approximate surface area is 126 Å². The molecule has 0 saturated carbocycles. The average molecular weight is 282 g/mol. The van der Waals surface area contributed by atoms with Crippen LogP contribution in [0.5, 0.6) is 0 Å². The summed E-state index contributed by atoms with van der Waals surface area (Å²) in [5.41, 5.74) is 1.07. The number of piperazine rings is 1. The molecule has 1 amide bonds. The van der Waals surface area contributed by atoms with E-state index in [1.165, 1.54) is 0 Å². The van der Waals surface area contributed by atoms with Crippen LogP contribution >= 0.6 is 0 Å². The number of nitrogens with zero attached hydrogens (tertiary/aromatic N) is 2. The highest BCUT2D eigenvalue weighted by Gasteiger charge is 2.41. The first kappa shape index (κ1) is 14.2. The highest BCUT2D eigenvalue weighted by atomic mass is 16.2. The minimum atomic E-state index is 0.317. The van der Waals surface area contributed by atoms with Crippen LogP contribution in [0.2, 0.25) is 0 Å². The summed E-state index contributed by atoms with van der Waals surface area (Å²) in [5.74, 6) is 6.80. The van der Waals surface area contributed by atoms with Gasteiger partial charge in [0, 0.05) is 37.2 Å². The maximum Gasteiger partial charge on any atom is 0.222 e. The fraction of sp³-hybridized carbons (Fsp3) is 0.500. The number of hydrogen-bond acceptors (Lipinski definition) is 2. The van der Waals surface area contributed by atoms with Crippen LogP contribution in [0.4, 0.5) is 0 Å². The summed E-state index contributed by atoms with van der Waals surface area (Å²) in [6.07, 6.45) is 2.93. The second kappa shape index (κ2) is 6.32. The number of hydrogen-bond donors (Lipinski definition) is 0. The first-order valence-corrected chi connectivity index (χ1v) is 7.85. The molecule has 1 aromatic rings. The molecular formula is C18H22N2O. The zero-order valence-corrected chi connectivity index (χ0v) is 12.6. The molecule has 2 aliphatic heterocycles. The van der Waals surface area contributed by atoms with E-state index in [0.717, 1.165) is 38.0 Å². The van der Waals surface area contributed by atoms with Crippen LogP contribution in [0.1, 0.15) is 31.7 Å². The smallest absolute Gasteiger partial charge is 0.222 e. The van der Waals surface area contributed by atoms with Crippen LogP contribution < -0.4 is 0 Å². The SMILES string of the molecule is CCC(=O)N1[C@@H]2CC[C@H]1CN(CC#Cc1ccccc1)C2. The standard InChI is InChI=1S/C18H22N2O/c1-2-18(21)20-16-10-11-17(20)14-19(13-16)12-6-9-15-7-4-3-5-8-15/h3-5,7-8,16-17H,2,10-14H2,1H3/t16-,17+. The van der Waals surface area contributed by atoms with Gasteiger partial charge >= 0.3 is 0 Å². The van der Waals surface area contributed by atoms with Gasteiger partial charge in [0.05, 0.1) is 6.54 Å². The van der Waals surface area contributed by atoms with Gasteiger partial charge in [0.25, 0.3) is 0 Å².